The number of aryl methyl sites for hydroxylation is 1. The molecule has 0 aliphatic carbocycles. The molecule has 5 nitrogen and oxygen atoms in total. The lowest BCUT2D eigenvalue weighted by molar-refractivity contribution is -0.134. The van der Waals surface area contributed by atoms with Crippen LogP contribution >= 0.6 is 0 Å². The van der Waals surface area contributed by atoms with Gasteiger partial charge < -0.3 is 19.6 Å². The van der Waals surface area contributed by atoms with Crippen molar-refractivity contribution in [1.82, 2.24) is 9.80 Å². The summed E-state index contributed by atoms with van der Waals surface area (Å²) in [4.78, 5) is 15.9. The van der Waals surface area contributed by atoms with E-state index in [1.165, 1.54) is 5.56 Å². The van der Waals surface area contributed by atoms with Gasteiger partial charge in [0.2, 0.25) is 5.91 Å². The van der Waals surface area contributed by atoms with Gasteiger partial charge in [0.1, 0.15) is 18.5 Å². The Balaban J connectivity index is 1.69. The quantitative estimate of drug-likeness (QED) is 0.826. The maximum Gasteiger partial charge on any atom is 0.225 e. The van der Waals surface area contributed by atoms with E-state index < -0.39 is 6.10 Å². The minimum atomic E-state index is -0.517. The molecule has 0 bridgehead atoms. The van der Waals surface area contributed by atoms with Gasteiger partial charge in [0.05, 0.1) is 0 Å². The number of rotatable bonds is 7. The second-order valence-electron chi connectivity index (χ2n) is 6.77. The van der Waals surface area contributed by atoms with Gasteiger partial charge in [0, 0.05) is 26.6 Å². The zero-order valence-electron chi connectivity index (χ0n) is 15.1. The predicted molar refractivity (Wildman–Crippen MR) is 95.2 cm³/mol. The molecule has 5 heteroatoms. The smallest absolute Gasteiger partial charge is 0.225 e. The van der Waals surface area contributed by atoms with Crippen molar-refractivity contribution < 1.29 is 14.6 Å². The highest BCUT2D eigenvalue weighted by atomic mass is 16.5. The van der Waals surface area contributed by atoms with E-state index in [4.69, 9.17) is 4.74 Å². The highest BCUT2D eigenvalue weighted by Gasteiger charge is 2.26. The highest BCUT2D eigenvalue weighted by molar-refractivity contribution is 5.78. The first-order valence-electron chi connectivity index (χ1n) is 8.83. The van der Waals surface area contributed by atoms with E-state index in [9.17, 15) is 9.90 Å². The third-order valence-corrected chi connectivity index (χ3v) is 4.62. The zero-order valence-corrected chi connectivity index (χ0v) is 15.1. The first-order valence-corrected chi connectivity index (χ1v) is 8.83. The van der Waals surface area contributed by atoms with Crippen molar-refractivity contribution in [2.45, 2.75) is 32.3 Å². The van der Waals surface area contributed by atoms with Gasteiger partial charge in [0.25, 0.3) is 0 Å². The fourth-order valence-corrected chi connectivity index (χ4v) is 3.09. The van der Waals surface area contributed by atoms with Crippen molar-refractivity contribution in [3.63, 3.8) is 0 Å². The molecule has 1 N–H and O–H groups in total. The number of carbonyl (C=O) groups is 1. The average Bonchev–Trinajstić information content (AvgIpc) is 2.60. The molecule has 1 saturated heterocycles. The SMILES string of the molecule is CCc1ccc(OCC(O)CN2CCC(C(=O)N(C)C)CC2)cc1. The molecule has 134 valence electrons. The molecule has 0 saturated carbocycles. The molecule has 1 aromatic rings. The molecule has 1 aliphatic rings. The molecule has 1 fully saturated rings. The van der Waals surface area contributed by atoms with Crippen molar-refractivity contribution in [2.24, 2.45) is 5.92 Å². The Kier molecular flexibility index (Phi) is 7.06. The van der Waals surface area contributed by atoms with E-state index in [1.807, 2.05) is 38.4 Å². The molecule has 2 rings (SSSR count). The molecule has 0 radical (unpaired) electrons. The molecule has 0 aromatic heterocycles. The van der Waals surface area contributed by atoms with Gasteiger partial charge in [-0.2, -0.15) is 0 Å². The van der Waals surface area contributed by atoms with Crippen LogP contribution in [-0.4, -0.2) is 67.3 Å². The molecule has 24 heavy (non-hydrogen) atoms. The van der Waals surface area contributed by atoms with Crippen LogP contribution in [0.4, 0.5) is 0 Å². The van der Waals surface area contributed by atoms with Crippen LogP contribution in [0, 0.1) is 5.92 Å². The monoisotopic (exact) mass is 334 g/mol. The van der Waals surface area contributed by atoms with E-state index in [-0.39, 0.29) is 11.8 Å². The summed E-state index contributed by atoms with van der Waals surface area (Å²) in [5.41, 5.74) is 1.28. The van der Waals surface area contributed by atoms with E-state index in [0.717, 1.165) is 38.1 Å². The number of aliphatic hydroxyl groups excluding tert-OH is 1. The molecular formula is C19H30N2O3. The van der Waals surface area contributed by atoms with Gasteiger partial charge in [-0.3, -0.25) is 4.79 Å². The van der Waals surface area contributed by atoms with Gasteiger partial charge in [0.15, 0.2) is 0 Å². The third-order valence-electron chi connectivity index (χ3n) is 4.62. The first-order chi connectivity index (χ1) is 11.5. The number of aliphatic hydroxyl groups is 1. The summed E-state index contributed by atoms with van der Waals surface area (Å²) in [5, 5.41) is 10.2. The summed E-state index contributed by atoms with van der Waals surface area (Å²) in [7, 11) is 3.62. The van der Waals surface area contributed by atoms with Crippen LogP contribution in [0.1, 0.15) is 25.3 Å². The van der Waals surface area contributed by atoms with Crippen molar-refractivity contribution in [2.75, 3.05) is 40.3 Å². The zero-order chi connectivity index (χ0) is 17.5. The number of piperidine rings is 1. The fraction of sp³-hybridized carbons (Fsp3) is 0.632. The molecule has 0 spiro atoms. The Labute approximate surface area is 145 Å². The van der Waals surface area contributed by atoms with Crippen LogP contribution in [0.2, 0.25) is 0 Å². The molecule has 1 aromatic carbocycles. The Hall–Kier alpha value is -1.59. The van der Waals surface area contributed by atoms with E-state index in [0.29, 0.717) is 13.2 Å². The maximum absolute atomic E-state index is 12.0. The summed E-state index contributed by atoms with van der Waals surface area (Å²) in [6.07, 6.45) is 2.22. The summed E-state index contributed by atoms with van der Waals surface area (Å²) >= 11 is 0. The number of carbonyl (C=O) groups excluding carboxylic acids is 1. The molecular weight excluding hydrogens is 304 g/mol. The largest absolute Gasteiger partial charge is 0.491 e. The number of hydrogen-bond donors (Lipinski definition) is 1. The molecule has 1 aliphatic heterocycles. The normalized spacial score (nSPS) is 17.5. The molecule has 1 unspecified atom stereocenters. The molecule has 1 heterocycles. The van der Waals surface area contributed by atoms with Gasteiger partial charge >= 0.3 is 0 Å². The lowest BCUT2D eigenvalue weighted by Gasteiger charge is -2.33. The summed E-state index contributed by atoms with van der Waals surface area (Å²) in [6.45, 7) is 4.71. The first kappa shape index (κ1) is 18.7. The van der Waals surface area contributed by atoms with Gasteiger partial charge in [-0.15, -0.1) is 0 Å². The lowest BCUT2D eigenvalue weighted by Crippen LogP contribution is -2.43. The van der Waals surface area contributed by atoms with E-state index in [1.54, 1.807) is 4.90 Å². The van der Waals surface area contributed by atoms with Gasteiger partial charge in [-0.25, -0.2) is 0 Å². The molecule has 1 amide bonds. The Bertz CT molecular complexity index is 508. The average molecular weight is 334 g/mol. The second kappa shape index (κ2) is 9.04. The Morgan fingerprint density at radius 3 is 2.46 bits per heavy atom. The third kappa shape index (κ3) is 5.49. The summed E-state index contributed by atoms with van der Waals surface area (Å²) in [6, 6.07) is 8.00. The summed E-state index contributed by atoms with van der Waals surface area (Å²) in [5.74, 6) is 1.14. The lowest BCUT2D eigenvalue weighted by atomic mass is 9.95. The fourth-order valence-electron chi connectivity index (χ4n) is 3.09. The van der Waals surface area contributed by atoms with Crippen molar-refractivity contribution in [3.05, 3.63) is 29.8 Å². The van der Waals surface area contributed by atoms with Crippen LogP contribution in [0.25, 0.3) is 0 Å². The van der Waals surface area contributed by atoms with Crippen LogP contribution in [0.15, 0.2) is 24.3 Å². The number of benzene rings is 1. The number of nitrogens with zero attached hydrogens (tertiary/aromatic N) is 2. The van der Waals surface area contributed by atoms with Crippen molar-refractivity contribution >= 4 is 5.91 Å². The second-order valence-corrected chi connectivity index (χ2v) is 6.77. The number of ether oxygens (including phenoxy) is 1. The predicted octanol–water partition coefficient (Wildman–Crippen LogP) is 1.79. The van der Waals surface area contributed by atoms with Crippen LogP contribution in [-0.2, 0) is 11.2 Å². The van der Waals surface area contributed by atoms with Gasteiger partial charge in [-0.1, -0.05) is 19.1 Å². The maximum atomic E-state index is 12.0. The summed E-state index contributed by atoms with van der Waals surface area (Å²) < 4.78 is 5.66. The van der Waals surface area contributed by atoms with Crippen molar-refractivity contribution in [1.29, 1.82) is 0 Å². The topological polar surface area (TPSA) is 53.0 Å². The Morgan fingerprint density at radius 1 is 1.29 bits per heavy atom. The van der Waals surface area contributed by atoms with Gasteiger partial charge in [-0.05, 0) is 50.0 Å². The van der Waals surface area contributed by atoms with E-state index in [2.05, 4.69) is 11.8 Å². The van der Waals surface area contributed by atoms with Crippen LogP contribution in [0.3, 0.4) is 0 Å². The van der Waals surface area contributed by atoms with Crippen molar-refractivity contribution in [3.8, 4) is 5.75 Å². The van der Waals surface area contributed by atoms with E-state index >= 15 is 0 Å². The number of amides is 1. The number of β-amino-alcohol motifs (C(OH)–C–C–N with tert-alkyl or cyclic N) is 1. The molecule has 1 atom stereocenters. The minimum absolute atomic E-state index is 0.127. The Morgan fingerprint density at radius 2 is 1.92 bits per heavy atom. The minimum Gasteiger partial charge on any atom is -0.491 e. The standard InChI is InChI=1S/C19H30N2O3/c1-4-15-5-7-18(8-6-15)24-14-17(22)13-21-11-9-16(10-12-21)19(23)20(2)3/h5-8,16-17,22H,4,9-14H2,1-3H3. The highest BCUT2D eigenvalue weighted by Crippen LogP contribution is 2.19. The van der Waals surface area contributed by atoms with Crippen LogP contribution < -0.4 is 4.74 Å². The van der Waals surface area contributed by atoms with Crippen LogP contribution in [0.5, 0.6) is 5.75 Å². The number of likely N-dealkylation sites (tertiary alicyclic amines) is 1. The number of hydrogen-bond acceptors (Lipinski definition) is 4.